The first kappa shape index (κ1) is 24.6. The molecule has 0 spiro atoms. The molecule has 0 radical (unpaired) electrons. The van der Waals surface area contributed by atoms with E-state index in [1.807, 2.05) is 0 Å². The number of ether oxygens (including phenoxy) is 1. The Morgan fingerprint density at radius 2 is 2.03 bits per heavy atom. The number of nitrogens with zero attached hydrogens (tertiary/aromatic N) is 2. The van der Waals surface area contributed by atoms with Crippen LogP contribution < -0.4 is 15.6 Å². The number of nitrogens with one attached hydrogen (secondary N) is 2. The number of hydrogen-bond donors (Lipinski definition) is 2. The molecule has 0 saturated carbocycles. The summed E-state index contributed by atoms with van der Waals surface area (Å²) in [5, 5.41) is 2.83. The average molecular weight is 501 g/mol. The molecule has 11 heteroatoms. The molecule has 0 aliphatic carbocycles. The van der Waals surface area contributed by atoms with Gasteiger partial charge in [0.15, 0.2) is 0 Å². The van der Waals surface area contributed by atoms with Gasteiger partial charge in [-0.3, -0.25) is 9.59 Å². The Kier molecular flexibility index (Phi) is 6.99. The molecule has 0 bridgehead atoms. The van der Waals surface area contributed by atoms with Gasteiger partial charge in [0.2, 0.25) is 15.9 Å². The lowest BCUT2D eigenvalue weighted by Gasteiger charge is -2.31. The molecule has 1 aliphatic rings. The number of rotatable bonds is 6. The lowest BCUT2D eigenvalue weighted by Crippen LogP contribution is -2.43. The minimum Gasteiger partial charge on any atom is -0.495 e. The number of carbonyl (C=O) groups excluding carboxylic acids is 1. The van der Waals surface area contributed by atoms with E-state index >= 15 is 0 Å². The lowest BCUT2D eigenvalue weighted by atomic mass is 9.98. The molecule has 1 unspecified atom stereocenters. The Balaban J connectivity index is 1.52. The molecule has 1 atom stereocenters. The molecule has 35 heavy (non-hydrogen) atoms. The zero-order chi connectivity index (χ0) is 25.2. The SMILES string of the molecule is COc1ccc(F)cc1S(=O)(=O)N1CCCC(C(=O)Nc2cccc(-c3nc(C)cc(=O)[nH]3)c2)C1. The van der Waals surface area contributed by atoms with E-state index in [9.17, 15) is 22.4 Å². The Hall–Kier alpha value is -3.57. The molecular formula is C24H25FN4O5S. The topological polar surface area (TPSA) is 121 Å². The molecule has 1 fully saturated rings. The Morgan fingerprint density at radius 3 is 2.77 bits per heavy atom. The summed E-state index contributed by atoms with van der Waals surface area (Å²) in [5.74, 6) is -1.21. The van der Waals surface area contributed by atoms with Crippen LogP contribution >= 0.6 is 0 Å². The standard InChI is InChI=1S/C24H25FN4O5S/c1-15-11-22(30)28-23(26-15)16-5-3-7-19(12-16)27-24(31)17-6-4-10-29(14-17)35(32,33)21-13-18(25)8-9-20(21)34-2/h3,5,7-9,11-13,17H,4,6,10,14H2,1-2H3,(H,27,31)(H,26,28,30). The smallest absolute Gasteiger partial charge is 0.251 e. The van der Waals surface area contributed by atoms with E-state index in [0.29, 0.717) is 35.6 Å². The third-order valence-electron chi connectivity index (χ3n) is 5.77. The van der Waals surface area contributed by atoms with E-state index in [-0.39, 0.29) is 35.2 Å². The summed E-state index contributed by atoms with van der Waals surface area (Å²) in [5.41, 5.74) is 1.40. The van der Waals surface area contributed by atoms with Crippen LogP contribution in [0.1, 0.15) is 18.5 Å². The molecule has 3 aromatic rings. The van der Waals surface area contributed by atoms with E-state index in [0.717, 1.165) is 12.1 Å². The first-order valence-electron chi connectivity index (χ1n) is 11.0. The quantitative estimate of drug-likeness (QED) is 0.537. The Morgan fingerprint density at radius 1 is 1.23 bits per heavy atom. The number of aromatic nitrogens is 2. The van der Waals surface area contributed by atoms with Crippen LogP contribution in [0.2, 0.25) is 0 Å². The Bertz CT molecular complexity index is 1420. The molecule has 1 aliphatic heterocycles. The fourth-order valence-electron chi connectivity index (χ4n) is 4.07. The van der Waals surface area contributed by atoms with Crippen LogP contribution in [-0.2, 0) is 14.8 Å². The summed E-state index contributed by atoms with van der Waals surface area (Å²) in [7, 11) is -2.76. The molecule has 2 aromatic carbocycles. The first-order chi connectivity index (χ1) is 16.7. The average Bonchev–Trinajstić information content (AvgIpc) is 2.83. The number of halogens is 1. The molecule has 1 aromatic heterocycles. The molecule has 184 valence electrons. The van der Waals surface area contributed by atoms with E-state index in [4.69, 9.17) is 4.74 Å². The number of H-pyrrole nitrogens is 1. The highest BCUT2D eigenvalue weighted by molar-refractivity contribution is 7.89. The first-order valence-corrected chi connectivity index (χ1v) is 12.4. The number of anilines is 1. The van der Waals surface area contributed by atoms with Crippen LogP contribution in [0.4, 0.5) is 10.1 Å². The number of aromatic amines is 1. The number of sulfonamides is 1. The highest BCUT2D eigenvalue weighted by atomic mass is 32.2. The molecule has 2 N–H and O–H groups in total. The van der Waals surface area contributed by atoms with Gasteiger partial charge in [-0.25, -0.2) is 17.8 Å². The molecule has 1 amide bonds. The largest absolute Gasteiger partial charge is 0.495 e. The predicted octanol–water partition coefficient (Wildman–Crippen LogP) is 2.93. The van der Waals surface area contributed by atoms with Crippen molar-refractivity contribution in [2.75, 3.05) is 25.5 Å². The van der Waals surface area contributed by atoms with Crippen molar-refractivity contribution in [3.8, 4) is 17.1 Å². The highest BCUT2D eigenvalue weighted by Gasteiger charge is 2.35. The number of methoxy groups -OCH3 is 1. The minimum absolute atomic E-state index is 0.0394. The van der Waals surface area contributed by atoms with E-state index in [1.54, 1.807) is 31.2 Å². The normalized spacial score (nSPS) is 16.6. The van der Waals surface area contributed by atoms with Gasteiger partial charge < -0.3 is 15.0 Å². The van der Waals surface area contributed by atoms with Crippen molar-refractivity contribution in [2.24, 2.45) is 5.92 Å². The number of carbonyl (C=O) groups is 1. The van der Waals surface area contributed by atoms with Gasteiger partial charge in [0, 0.05) is 36.1 Å². The zero-order valence-corrected chi connectivity index (χ0v) is 20.1. The van der Waals surface area contributed by atoms with Crippen LogP contribution in [0.5, 0.6) is 5.75 Å². The second kappa shape index (κ2) is 9.96. The number of hydrogen-bond acceptors (Lipinski definition) is 6. The van der Waals surface area contributed by atoms with Crippen molar-refractivity contribution in [2.45, 2.75) is 24.7 Å². The third kappa shape index (κ3) is 5.41. The minimum atomic E-state index is -4.07. The number of benzene rings is 2. The maximum absolute atomic E-state index is 13.8. The zero-order valence-electron chi connectivity index (χ0n) is 19.2. The van der Waals surface area contributed by atoms with Gasteiger partial charge >= 0.3 is 0 Å². The van der Waals surface area contributed by atoms with Crippen LogP contribution in [0.3, 0.4) is 0 Å². The van der Waals surface area contributed by atoms with Crippen LogP contribution in [0.15, 0.2) is 58.2 Å². The Labute approximate surface area is 202 Å². The van der Waals surface area contributed by atoms with Gasteiger partial charge in [-0.05, 0) is 50.1 Å². The second-order valence-corrected chi connectivity index (χ2v) is 10.2. The van der Waals surface area contributed by atoms with Crippen molar-refractivity contribution in [3.63, 3.8) is 0 Å². The number of amides is 1. The van der Waals surface area contributed by atoms with Gasteiger partial charge in [0.1, 0.15) is 22.3 Å². The summed E-state index contributed by atoms with van der Waals surface area (Å²) in [6, 6.07) is 11.6. The van der Waals surface area contributed by atoms with Crippen molar-refractivity contribution in [1.82, 2.24) is 14.3 Å². The van der Waals surface area contributed by atoms with Crippen molar-refractivity contribution < 1.29 is 22.3 Å². The molecule has 4 rings (SSSR count). The van der Waals surface area contributed by atoms with E-state index in [1.165, 1.54) is 23.5 Å². The van der Waals surface area contributed by atoms with Gasteiger partial charge in [-0.15, -0.1) is 0 Å². The molecular weight excluding hydrogens is 475 g/mol. The van der Waals surface area contributed by atoms with E-state index in [2.05, 4.69) is 15.3 Å². The van der Waals surface area contributed by atoms with Crippen molar-refractivity contribution in [1.29, 1.82) is 0 Å². The molecule has 9 nitrogen and oxygen atoms in total. The van der Waals surface area contributed by atoms with Gasteiger partial charge in [-0.1, -0.05) is 12.1 Å². The maximum atomic E-state index is 13.8. The highest BCUT2D eigenvalue weighted by Crippen LogP contribution is 2.31. The fraction of sp³-hybridized carbons (Fsp3) is 0.292. The second-order valence-electron chi connectivity index (χ2n) is 8.30. The van der Waals surface area contributed by atoms with Crippen molar-refractivity contribution in [3.05, 3.63) is 70.4 Å². The summed E-state index contributed by atoms with van der Waals surface area (Å²) >= 11 is 0. The lowest BCUT2D eigenvalue weighted by molar-refractivity contribution is -0.120. The molecule has 1 saturated heterocycles. The van der Waals surface area contributed by atoms with Crippen LogP contribution in [0.25, 0.3) is 11.4 Å². The summed E-state index contributed by atoms with van der Waals surface area (Å²) < 4.78 is 46.5. The van der Waals surface area contributed by atoms with Gasteiger partial charge in [0.25, 0.3) is 5.56 Å². The van der Waals surface area contributed by atoms with Crippen LogP contribution in [-0.4, -0.2) is 48.8 Å². The van der Waals surface area contributed by atoms with Crippen molar-refractivity contribution >= 4 is 21.6 Å². The maximum Gasteiger partial charge on any atom is 0.251 e. The van der Waals surface area contributed by atoms with Crippen LogP contribution in [0, 0.1) is 18.7 Å². The van der Waals surface area contributed by atoms with Gasteiger partial charge in [0.05, 0.1) is 13.0 Å². The summed E-state index contributed by atoms with van der Waals surface area (Å²) in [4.78, 5) is 31.5. The summed E-state index contributed by atoms with van der Waals surface area (Å²) in [6.45, 7) is 1.89. The monoisotopic (exact) mass is 500 g/mol. The van der Waals surface area contributed by atoms with Gasteiger partial charge in [-0.2, -0.15) is 4.31 Å². The predicted molar refractivity (Wildman–Crippen MR) is 128 cm³/mol. The molecule has 2 heterocycles. The van der Waals surface area contributed by atoms with E-state index < -0.39 is 21.8 Å². The number of aryl methyl sites for hydroxylation is 1. The fourth-order valence-corrected chi connectivity index (χ4v) is 5.76. The summed E-state index contributed by atoms with van der Waals surface area (Å²) in [6.07, 6.45) is 0.980. The number of piperidine rings is 1. The third-order valence-corrected chi connectivity index (χ3v) is 7.66.